The normalized spacial score (nSPS) is 19.4. The number of carbonyl (C=O) groups is 1. The number of carbonyl (C=O) groups excluding carboxylic acids is 1. The lowest BCUT2D eigenvalue weighted by molar-refractivity contribution is -0.120. The van der Waals surface area contributed by atoms with Crippen molar-refractivity contribution in [2.75, 3.05) is 11.4 Å². The number of benzene rings is 2. The van der Waals surface area contributed by atoms with E-state index < -0.39 is 6.10 Å². The van der Waals surface area contributed by atoms with Crippen LogP contribution in [-0.2, 0) is 4.79 Å². The highest BCUT2D eigenvalue weighted by Gasteiger charge is 2.33. The summed E-state index contributed by atoms with van der Waals surface area (Å²) >= 11 is 16.0. The summed E-state index contributed by atoms with van der Waals surface area (Å²) in [6, 6.07) is 12.9. The average molecular weight is 429 g/mol. The van der Waals surface area contributed by atoms with E-state index in [-0.39, 0.29) is 11.8 Å². The van der Waals surface area contributed by atoms with Crippen molar-refractivity contribution < 1.29 is 9.90 Å². The Kier molecular flexibility index (Phi) is 5.50. The van der Waals surface area contributed by atoms with Gasteiger partial charge in [0.05, 0.1) is 21.8 Å². The molecule has 0 unspecified atom stereocenters. The number of piperidine rings is 1. The summed E-state index contributed by atoms with van der Waals surface area (Å²) in [4.78, 5) is 14.0. The molecule has 0 saturated carbocycles. The molecule has 1 N–H and O–H groups in total. The van der Waals surface area contributed by atoms with E-state index in [0.717, 1.165) is 10.0 Å². The van der Waals surface area contributed by atoms with Crippen molar-refractivity contribution in [1.29, 1.82) is 0 Å². The highest BCUT2D eigenvalue weighted by Crippen LogP contribution is 2.40. The van der Waals surface area contributed by atoms with Crippen LogP contribution in [0.5, 0.6) is 0 Å². The molecule has 2 atom stereocenters. The lowest BCUT2D eigenvalue weighted by Crippen LogP contribution is -2.42. The minimum Gasteiger partial charge on any atom is -0.388 e. The zero-order chi connectivity index (χ0) is 17.3. The third-order valence-electron chi connectivity index (χ3n) is 4.29. The van der Waals surface area contributed by atoms with Gasteiger partial charge in [0.15, 0.2) is 0 Å². The molecule has 0 radical (unpaired) electrons. The van der Waals surface area contributed by atoms with Gasteiger partial charge in [-0.3, -0.25) is 4.79 Å². The van der Waals surface area contributed by atoms with Crippen LogP contribution in [0, 0.1) is 5.92 Å². The summed E-state index contributed by atoms with van der Waals surface area (Å²) in [5, 5.41) is 11.5. The molecule has 1 amide bonds. The molecule has 24 heavy (non-hydrogen) atoms. The zero-order valence-electron chi connectivity index (χ0n) is 12.8. The Morgan fingerprint density at radius 3 is 2.42 bits per heavy atom. The van der Waals surface area contributed by atoms with Crippen LogP contribution in [0.4, 0.5) is 5.69 Å². The molecule has 2 aromatic carbocycles. The van der Waals surface area contributed by atoms with Crippen LogP contribution in [0.25, 0.3) is 0 Å². The summed E-state index contributed by atoms with van der Waals surface area (Å²) in [6.45, 7) is 0.385. The fraction of sp³-hybridized carbons (Fsp3) is 0.278. The van der Waals surface area contributed by atoms with Gasteiger partial charge in [-0.15, -0.1) is 0 Å². The molecule has 2 aromatic rings. The lowest BCUT2D eigenvalue weighted by Gasteiger charge is -2.36. The maximum atomic E-state index is 12.4. The van der Waals surface area contributed by atoms with Crippen LogP contribution in [0.1, 0.15) is 24.5 Å². The summed E-state index contributed by atoms with van der Waals surface area (Å²) in [5.74, 6) is -0.0986. The second-order valence-corrected chi connectivity index (χ2v) is 7.61. The topological polar surface area (TPSA) is 40.5 Å². The summed E-state index contributed by atoms with van der Waals surface area (Å²) < 4.78 is 0.756. The third kappa shape index (κ3) is 3.62. The molecule has 0 spiro atoms. The fourth-order valence-corrected chi connectivity index (χ4v) is 4.47. The van der Waals surface area contributed by atoms with E-state index in [4.69, 9.17) is 23.2 Å². The Balaban J connectivity index is 1.88. The van der Waals surface area contributed by atoms with E-state index >= 15 is 0 Å². The first-order valence-corrected chi connectivity index (χ1v) is 9.20. The highest BCUT2D eigenvalue weighted by molar-refractivity contribution is 9.10. The van der Waals surface area contributed by atoms with Gasteiger partial charge < -0.3 is 10.0 Å². The van der Waals surface area contributed by atoms with Crippen LogP contribution in [-0.4, -0.2) is 17.6 Å². The molecule has 126 valence electrons. The summed E-state index contributed by atoms with van der Waals surface area (Å²) in [7, 11) is 0. The minimum atomic E-state index is -0.630. The second-order valence-electron chi connectivity index (χ2n) is 5.88. The van der Waals surface area contributed by atoms with E-state index in [9.17, 15) is 9.90 Å². The number of aliphatic hydroxyl groups is 1. The van der Waals surface area contributed by atoms with Crippen LogP contribution in [0.2, 0.25) is 10.0 Å². The van der Waals surface area contributed by atoms with Crippen molar-refractivity contribution in [2.45, 2.75) is 18.9 Å². The Hall–Kier alpha value is -1.07. The third-order valence-corrected chi connectivity index (χ3v) is 5.32. The van der Waals surface area contributed by atoms with Gasteiger partial charge in [-0.25, -0.2) is 0 Å². The standard InChI is InChI=1S/C18H16BrCl2NO2/c19-13-8-14(20)17(15(21)9-13)22-10-12(6-7-16(22)23)18(24)11-4-2-1-3-5-11/h1-5,8-9,12,18,24H,6-7,10H2/t12-,18+/m0/s1. The van der Waals surface area contributed by atoms with Crippen molar-refractivity contribution in [1.82, 2.24) is 0 Å². The van der Waals surface area contributed by atoms with Crippen LogP contribution < -0.4 is 4.90 Å². The van der Waals surface area contributed by atoms with Gasteiger partial charge >= 0.3 is 0 Å². The number of hydrogen-bond donors (Lipinski definition) is 1. The van der Waals surface area contributed by atoms with Crippen LogP contribution in [0.15, 0.2) is 46.9 Å². The van der Waals surface area contributed by atoms with Crippen molar-refractivity contribution >= 4 is 50.7 Å². The van der Waals surface area contributed by atoms with Gasteiger partial charge in [0.2, 0.25) is 5.91 Å². The fourth-order valence-electron chi connectivity index (χ4n) is 3.06. The highest BCUT2D eigenvalue weighted by atomic mass is 79.9. The molecule has 1 saturated heterocycles. The van der Waals surface area contributed by atoms with Crippen molar-refractivity contribution in [3.63, 3.8) is 0 Å². The first-order valence-electron chi connectivity index (χ1n) is 7.65. The van der Waals surface area contributed by atoms with Crippen molar-refractivity contribution in [3.8, 4) is 0 Å². The Bertz CT molecular complexity index is 731. The molecule has 0 bridgehead atoms. The smallest absolute Gasteiger partial charge is 0.227 e. The monoisotopic (exact) mass is 427 g/mol. The number of aliphatic hydroxyl groups excluding tert-OH is 1. The summed E-state index contributed by atoms with van der Waals surface area (Å²) in [5.41, 5.74) is 1.36. The van der Waals surface area contributed by atoms with E-state index in [1.165, 1.54) is 0 Å². The number of anilines is 1. The van der Waals surface area contributed by atoms with E-state index in [2.05, 4.69) is 15.9 Å². The minimum absolute atomic E-state index is 0.0300. The van der Waals surface area contributed by atoms with Gasteiger partial charge in [-0.05, 0) is 24.1 Å². The zero-order valence-corrected chi connectivity index (χ0v) is 15.9. The molecule has 1 heterocycles. The number of amides is 1. The molecule has 3 rings (SSSR count). The maximum absolute atomic E-state index is 12.4. The van der Waals surface area contributed by atoms with Gasteiger partial charge in [0.1, 0.15) is 0 Å². The molecule has 1 aliphatic heterocycles. The first-order chi connectivity index (χ1) is 11.5. The molecule has 0 aliphatic carbocycles. The Labute approximate surface area is 159 Å². The molecular weight excluding hydrogens is 413 g/mol. The largest absolute Gasteiger partial charge is 0.388 e. The molecule has 6 heteroatoms. The van der Waals surface area contributed by atoms with E-state index in [1.54, 1.807) is 17.0 Å². The first kappa shape index (κ1) is 17.7. The molecule has 1 fully saturated rings. The van der Waals surface area contributed by atoms with Gasteiger partial charge in [-0.1, -0.05) is 69.5 Å². The Morgan fingerprint density at radius 1 is 1.17 bits per heavy atom. The van der Waals surface area contributed by atoms with Gasteiger partial charge in [0.25, 0.3) is 0 Å². The van der Waals surface area contributed by atoms with E-state index in [1.807, 2.05) is 30.3 Å². The quantitative estimate of drug-likeness (QED) is 0.726. The van der Waals surface area contributed by atoms with Gasteiger partial charge in [0, 0.05) is 23.4 Å². The summed E-state index contributed by atoms with van der Waals surface area (Å²) in [6.07, 6.45) is 0.365. The Morgan fingerprint density at radius 2 is 1.79 bits per heavy atom. The van der Waals surface area contributed by atoms with Crippen LogP contribution in [0.3, 0.4) is 0 Å². The molecule has 3 nitrogen and oxygen atoms in total. The molecule has 1 aliphatic rings. The van der Waals surface area contributed by atoms with Gasteiger partial charge in [-0.2, -0.15) is 0 Å². The number of rotatable bonds is 3. The van der Waals surface area contributed by atoms with Crippen molar-refractivity contribution in [2.24, 2.45) is 5.92 Å². The lowest BCUT2D eigenvalue weighted by atomic mass is 9.88. The van der Waals surface area contributed by atoms with Crippen molar-refractivity contribution in [3.05, 3.63) is 62.5 Å². The number of hydrogen-bond acceptors (Lipinski definition) is 2. The number of nitrogens with zero attached hydrogens (tertiary/aromatic N) is 1. The predicted molar refractivity (Wildman–Crippen MR) is 101 cm³/mol. The number of halogens is 3. The van der Waals surface area contributed by atoms with E-state index in [0.29, 0.717) is 35.1 Å². The predicted octanol–water partition coefficient (Wildman–Crippen LogP) is 5.23. The average Bonchev–Trinajstić information content (AvgIpc) is 2.56. The SMILES string of the molecule is O=C1CC[C@H]([C@H](O)c2ccccc2)CN1c1c(Cl)cc(Br)cc1Cl. The maximum Gasteiger partial charge on any atom is 0.227 e. The van der Waals surface area contributed by atoms with Crippen LogP contribution >= 0.6 is 39.1 Å². The molecule has 0 aromatic heterocycles. The molecular formula is C18H16BrCl2NO2. The second kappa shape index (κ2) is 7.44.